The summed E-state index contributed by atoms with van der Waals surface area (Å²) in [4.78, 5) is 50.5. The second-order valence-electron chi connectivity index (χ2n) is 7.90. The first-order valence-corrected chi connectivity index (χ1v) is 9.91. The van der Waals surface area contributed by atoms with Crippen LogP contribution in [0.25, 0.3) is 0 Å². The topological polar surface area (TPSA) is 134 Å². The molecule has 0 saturated heterocycles. The molecule has 1 atom stereocenters. The number of carbonyl (C=O) groups excluding carboxylic acids is 4. The second-order valence-corrected chi connectivity index (χ2v) is 7.90. The van der Waals surface area contributed by atoms with E-state index in [2.05, 4.69) is 21.9 Å². The molecule has 0 fully saturated rings. The Balaban J connectivity index is 3.23. The van der Waals surface area contributed by atoms with Gasteiger partial charge in [0.25, 0.3) is 0 Å². The fraction of sp³-hybridized carbons (Fsp3) is 0.455. The van der Waals surface area contributed by atoms with Gasteiger partial charge in [-0.15, -0.1) is 6.58 Å². The Kier molecular flexibility index (Phi) is 9.70. The minimum atomic E-state index is -1.30. The average Bonchev–Trinajstić information content (AvgIpc) is 2.71. The molecule has 0 aromatic heterocycles. The molecule has 1 aromatic rings. The van der Waals surface area contributed by atoms with E-state index in [-0.39, 0.29) is 17.9 Å². The molecule has 1 rings (SSSR count). The molecule has 0 aliphatic carbocycles. The van der Waals surface area contributed by atoms with E-state index in [1.807, 2.05) is 0 Å². The predicted octanol–water partition coefficient (Wildman–Crippen LogP) is 1.57. The summed E-state index contributed by atoms with van der Waals surface area (Å²) in [6.07, 6.45) is 0.605. The monoisotopic (exact) mass is 449 g/mol. The lowest BCUT2D eigenvalue weighted by atomic mass is 10.00. The summed E-state index contributed by atoms with van der Waals surface area (Å²) in [5.41, 5.74) is -0.108. The first kappa shape index (κ1) is 26.5. The minimum absolute atomic E-state index is 0.0709. The maximum Gasteiger partial charge on any atom is 0.408 e. The highest BCUT2D eigenvalue weighted by Crippen LogP contribution is 2.31. The number of methoxy groups -OCH3 is 1. The molecule has 1 aromatic carbocycles. The molecule has 0 spiro atoms. The standard InChI is InChI=1S/C22H31N3O7/c1-7-11-25(16(26)12-24-21(30)32-22(3,4)5)18(20(29)23-13-17(27)31-6)15-10-8-9-14(2)19(15)28/h7-10,18,28H,1,11-13H2,2-6H3,(H,23,29)(H,24,30). The molecule has 0 bridgehead atoms. The van der Waals surface area contributed by atoms with E-state index in [1.165, 1.54) is 19.3 Å². The van der Waals surface area contributed by atoms with E-state index in [4.69, 9.17) is 4.74 Å². The van der Waals surface area contributed by atoms with Crippen LogP contribution in [0.2, 0.25) is 0 Å². The zero-order valence-electron chi connectivity index (χ0n) is 19.1. The van der Waals surface area contributed by atoms with Gasteiger partial charge >= 0.3 is 12.1 Å². The van der Waals surface area contributed by atoms with E-state index in [1.54, 1.807) is 39.8 Å². The lowest BCUT2D eigenvalue weighted by molar-refractivity contribution is -0.143. The van der Waals surface area contributed by atoms with Crippen molar-refractivity contribution in [1.29, 1.82) is 0 Å². The molecule has 32 heavy (non-hydrogen) atoms. The van der Waals surface area contributed by atoms with Gasteiger partial charge in [-0.25, -0.2) is 4.79 Å². The number of hydrogen-bond donors (Lipinski definition) is 3. The number of alkyl carbamates (subject to hydrolysis) is 1. The molecule has 3 amide bonds. The van der Waals surface area contributed by atoms with Crippen LogP contribution in [0.3, 0.4) is 0 Å². The van der Waals surface area contributed by atoms with Crippen molar-refractivity contribution in [3.8, 4) is 5.75 Å². The van der Waals surface area contributed by atoms with Crippen molar-refractivity contribution >= 4 is 23.9 Å². The van der Waals surface area contributed by atoms with E-state index >= 15 is 0 Å². The van der Waals surface area contributed by atoms with E-state index in [9.17, 15) is 24.3 Å². The zero-order valence-corrected chi connectivity index (χ0v) is 19.1. The number of ether oxygens (including phenoxy) is 2. The van der Waals surface area contributed by atoms with Gasteiger partial charge in [-0.2, -0.15) is 0 Å². The predicted molar refractivity (Wildman–Crippen MR) is 117 cm³/mol. The van der Waals surface area contributed by atoms with Gasteiger partial charge in [-0.3, -0.25) is 14.4 Å². The van der Waals surface area contributed by atoms with Crippen LogP contribution in [0.1, 0.15) is 37.9 Å². The number of carbonyl (C=O) groups is 4. The number of aryl methyl sites for hydroxylation is 1. The molecule has 176 valence electrons. The fourth-order valence-electron chi connectivity index (χ4n) is 2.73. The molecule has 1 unspecified atom stereocenters. The van der Waals surface area contributed by atoms with Crippen molar-refractivity contribution in [3.63, 3.8) is 0 Å². The summed E-state index contributed by atoms with van der Waals surface area (Å²) in [5, 5.41) is 15.3. The number of benzene rings is 1. The summed E-state index contributed by atoms with van der Waals surface area (Å²) in [6, 6.07) is 3.47. The molecule has 0 saturated carbocycles. The number of hydrogen-bond acceptors (Lipinski definition) is 7. The van der Waals surface area contributed by atoms with Gasteiger partial charge in [-0.1, -0.05) is 24.3 Å². The number of phenols is 1. The number of nitrogens with zero attached hydrogens (tertiary/aromatic N) is 1. The third-order valence-electron chi connectivity index (χ3n) is 4.19. The molecule has 3 N–H and O–H groups in total. The van der Waals surface area contributed by atoms with Crippen LogP contribution in [0.5, 0.6) is 5.75 Å². The van der Waals surface area contributed by atoms with Crippen molar-refractivity contribution in [2.45, 2.75) is 39.3 Å². The van der Waals surface area contributed by atoms with Crippen LogP contribution in [0.4, 0.5) is 4.79 Å². The van der Waals surface area contributed by atoms with Crippen LogP contribution in [-0.4, -0.2) is 66.2 Å². The van der Waals surface area contributed by atoms with Crippen LogP contribution in [0, 0.1) is 6.92 Å². The summed E-state index contributed by atoms with van der Waals surface area (Å²) in [7, 11) is 1.17. The van der Waals surface area contributed by atoms with Crippen molar-refractivity contribution in [2.24, 2.45) is 0 Å². The van der Waals surface area contributed by atoms with Crippen LogP contribution in [-0.2, 0) is 23.9 Å². The normalized spacial score (nSPS) is 11.7. The zero-order chi connectivity index (χ0) is 24.5. The number of aromatic hydroxyl groups is 1. The van der Waals surface area contributed by atoms with Crippen molar-refractivity contribution in [2.75, 3.05) is 26.7 Å². The Morgan fingerprint density at radius 2 is 1.84 bits per heavy atom. The molecule has 10 nitrogen and oxygen atoms in total. The third kappa shape index (κ3) is 7.93. The lowest BCUT2D eigenvalue weighted by Gasteiger charge is -2.31. The SMILES string of the molecule is C=CCN(C(=O)CNC(=O)OC(C)(C)C)C(C(=O)NCC(=O)OC)c1cccc(C)c1O. The summed E-state index contributed by atoms with van der Waals surface area (Å²) in [5.74, 6) is -2.20. The third-order valence-corrected chi connectivity index (χ3v) is 4.19. The molecular weight excluding hydrogens is 418 g/mol. The molecular formula is C22H31N3O7. The molecule has 10 heteroatoms. The summed E-state index contributed by atoms with van der Waals surface area (Å²) in [6.45, 7) is 9.34. The highest BCUT2D eigenvalue weighted by Gasteiger charge is 2.33. The van der Waals surface area contributed by atoms with E-state index in [0.29, 0.717) is 5.56 Å². The summed E-state index contributed by atoms with van der Waals surface area (Å²) < 4.78 is 9.65. The van der Waals surface area contributed by atoms with Gasteiger partial charge in [0, 0.05) is 12.1 Å². The quantitative estimate of drug-likeness (QED) is 0.385. The largest absolute Gasteiger partial charge is 0.507 e. The number of nitrogens with one attached hydrogen (secondary N) is 2. The van der Waals surface area contributed by atoms with Crippen molar-refractivity contribution in [1.82, 2.24) is 15.5 Å². The van der Waals surface area contributed by atoms with E-state index in [0.717, 1.165) is 4.90 Å². The molecule has 0 heterocycles. The maximum absolute atomic E-state index is 13.0. The van der Waals surface area contributed by atoms with Gasteiger partial charge in [0.05, 0.1) is 7.11 Å². The van der Waals surface area contributed by atoms with Crippen molar-refractivity contribution < 1.29 is 33.8 Å². The molecule has 0 aliphatic rings. The van der Waals surface area contributed by atoms with Gasteiger partial charge < -0.3 is 30.1 Å². The van der Waals surface area contributed by atoms with Gasteiger partial charge in [-0.05, 0) is 33.3 Å². The number of esters is 1. The average molecular weight is 450 g/mol. The lowest BCUT2D eigenvalue weighted by Crippen LogP contribution is -2.48. The molecule has 0 radical (unpaired) electrons. The maximum atomic E-state index is 13.0. The van der Waals surface area contributed by atoms with E-state index < -0.39 is 48.6 Å². The Morgan fingerprint density at radius 1 is 1.19 bits per heavy atom. The highest BCUT2D eigenvalue weighted by molar-refractivity contribution is 5.92. The Bertz CT molecular complexity index is 862. The smallest absolute Gasteiger partial charge is 0.408 e. The number of amides is 3. The Hall–Kier alpha value is -3.56. The van der Waals surface area contributed by atoms with Crippen LogP contribution in [0.15, 0.2) is 30.9 Å². The molecule has 0 aliphatic heterocycles. The summed E-state index contributed by atoms with van der Waals surface area (Å²) >= 11 is 0. The van der Waals surface area contributed by atoms with Crippen LogP contribution >= 0.6 is 0 Å². The Morgan fingerprint density at radius 3 is 2.41 bits per heavy atom. The first-order valence-electron chi connectivity index (χ1n) is 9.91. The highest BCUT2D eigenvalue weighted by atomic mass is 16.6. The number of rotatable bonds is 9. The van der Waals surface area contributed by atoms with Crippen LogP contribution < -0.4 is 10.6 Å². The minimum Gasteiger partial charge on any atom is -0.507 e. The number of phenolic OH excluding ortho intramolecular Hbond substituents is 1. The van der Waals surface area contributed by atoms with Gasteiger partial charge in [0.1, 0.15) is 30.5 Å². The second kappa shape index (κ2) is 11.7. The van der Waals surface area contributed by atoms with Gasteiger partial charge in [0.15, 0.2) is 0 Å². The van der Waals surface area contributed by atoms with Gasteiger partial charge in [0.2, 0.25) is 11.8 Å². The number of para-hydroxylation sites is 1. The fourth-order valence-corrected chi connectivity index (χ4v) is 2.73. The van der Waals surface area contributed by atoms with Crippen molar-refractivity contribution in [3.05, 3.63) is 42.0 Å². The Labute approximate surface area is 187 Å². The first-order chi connectivity index (χ1) is 14.9.